The number of pyridine rings is 1. The Kier molecular flexibility index (Phi) is 4.34. The van der Waals surface area contributed by atoms with Gasteiger partial charge in [0.15, 0.2) is 0 Å². The van der Waals surface area contributed by atoms with E-state index in [1.54, 1.807) is 6.92 Å². The molecule has 2 aromatic carbocycles. The first-order chi connectivity index (χ1) is 13.3. The van der Waals surface area contributed by atoms with Gasteiger partial charge < -0.3 is 0 Å². The van der Waals surface area contributed by atoms with Gasteiger partial charge in [0.1, 0.15) is 11.4 Å². The summed E-state index contributed by atoms with van der Waals surface area (Å²) in [6.45, 7) is 10.0. The normalized spacial score (nSPS) is 13.8. The lowest BCUT2D eigenvalue weighted by atomic mass is 9.79. The largest absolute Gasteiger partial charge is 0.299 e. The topological polar surface area (TPSA) is 34.4 Å². The maximum atomic E-state index is 12.8. The second kappa shape index (κ2) is 6.59. The van der Waals surface area contributed by atoms with Crippen LogP contribution in [0.5, 0.6) is 0 Å². The van der Waals surface area contributed by atoms with E-state index in [9.17, 15) is 4.79 Å². The van der Waals surface area contributed by atoms with Crippen LogP contribution in [0, 0.1) is 6.92 Å². The van der Waals surface area contributed by atoms with Crippen molar-refractivity contribution in [1.82, 2.24) is 9.38 Å². The molecule has 0 spiro atoms. The van der Waals surface area contributed by atoms with Crippen LogP contribution in [0.1, 0.15) is 45.4 Å². The Morgan fingerprint density at radius 1 is 1.07 bits per heavy atom. The van der Waals surface area contributed by atoms with E-state index in [4.69, 9.17) is 4.98 Å². The third kappa shape index (κ3) is 2.65. The minimum atomic E-state index is -0.629. The molecule has 0 aliphatic heterocycles. The summed E-state index contributed by atoms with van der Waals surface area (Å²) in [5, 5.41) is 3.54. The van der Waals surface area contributed by atoms with Crippen LogP contribution < -0.4 is 0 Å². The Balaban J connectivity index is 2.18. The Morgan fingerprint density at radius 2 is 1.79 bits per heavy atom. The number of allylic oxidation sites excluding steroid dienone is 2. The SMILES string of the molecule is CC(=O)C(C)(CC=C(C)C)c1cnc2c3ccccc3c3c(C)cccc3n12. The summed E-state index contributed by atoms with van der Waals surface area (Å²) in [7, 11) is 0. The van der Waals surface area contributed by atoms with Crippen molar-refractivity contribution >= 4 is 33.1 Å². The average molecular weight is 370 g/mol. The van der Waals surface area contributed by atoms with Crippen LogP contribution in [0.2, 0.25) is 0 Å². The molecular formula is C25H26N2O. The van der Waals surface area contributed by atoms with Crippen molar-refractivity contribution in [3.8, 4) is 0 Å². The zero-order chi connectivity index (χ0) is 20.1. The maximum absolute atomic E-state index is 12.8. The number of aromatic nitrogens is 2. The summed E-state index contributed by atoms with van der Waals surface area (Å²) < 4.78 is 2.20. The smallest absolute Gasteiger partial charge is 0.145 e. The summed E-state index contributed by atoms with van der Waals surface area (Å²) in [5.74, 6) is 0.153. The monoisotopic (exact) mass is 370 g/mol. The molecule has 0 aliphatic carbocycles. The lowest BCUT2D eigenvalue weighted by Gasteiger charge is -2.26. The second-order valence-corrected chi connectivity index (χ2v) is 8.19. The van der Waals surface area contributed by atoms with Gasteiger partial charge in [0.2, 0.25) is 0 Å². The predicted molar refractivity (Wildman–Crippen MR) is 117 cm³/mol. The zero-order valence-electron chi connectivity index (χ0n) is 17.2. The van der Waals surface area contributed by atoms with Gasteiger partial charge in [-0.2, -0.15) is 0 Å². The van der Waals surface area contributed by atoms with E-state index in [2.05, 4.69) is 67.6 Å². The first-order valence-electron chi connectivity index (χ1n) is 9.77. The number of nitrogens with zero attached hydrogens (tertiary/aromatic N) is 2. The van der Waals surface area contributed by atoms with Crippen LogP contribution in [0.15, 0.2) is 60.3 Å². The molecule has 3 heteroatoms. The second-order valence-electron chi connectivity index (χ2n) is 8.19. The highest BCUT2D eigenvalue weighted by Crippen LogP contribution is 2.37. The molecule has 0 saturated carbocycles. The van der Waals surface area contributed by atoms with Crippen LogP contribution in [0.4, 0.5) is 0 Å². The summed E-state index contributed by atoms with van der Waals surface area (Å²) in [6.07, 6.45) is 4.71. The molecule has 0 radical (unpaired) electrons. The van der Waals surface area contributed by atoms with Crippen molar-refractivity contribution in [3.63, 3.8) is 0 Å². The highest BCUT2D eigenvalue weighted by Gasteiger charge is 2.35. The van der Waals surface area contributed by atoms with Gasteiger partial charge in [0, 0.05) is 10.8 Å². The quantitative estimate of drug-likeness (QED) is 0.319. The third-order valence-electron chi connectivity index (χ3n) is 5.95. The van der Waals surface area contributed by atoms with Crippen molar-refractivity contribution in [1.29, 1.82) is 0 Å². The van der Waals surface area contributed by atoms with Gasteiger partial charge >= 0.3 is 0 Å². The number of rotatable bonds is 4. The number of carbonyl (C=O) groups is 1. The fourth-order valence-electron chi connectivity index (χ4n) is 4.10. The van der Waals surface area contributed by atoms with Gasteiger partial charge in [-0.1, -0.05) is 48.0 Å². The number of imidazole rings is 1. The van der Waals surface area contributed by atoms with Crippen molar-refractivity contribution in [2.75, 3.05) is 0 Å². The molecule has 2 aromatic heterocycles. The average Bonchev–Trinajstić information content (AvgIpc) is 3.12. The first kappa shape index (κ1) is 18.4. The molecule has 4 aromatic rings. The lowest BCUT2D eigenvalue weighted by molar-refractivity contribution is -0.121. The van der Waals surface area contributed by atoms with Gasteiger partial charge in [-0.25, -0.2) is 4.98 Å². The Labute approximate surface area is 165 Å². The molecular weight excluding hydrogens is 344 g/mol. The highest BCUT2D eigenvalue weighted by molar-refractivity contribution is 6.13. The maximum Gasteiger partial charge on any atom is 0.145 e. The summed E-state index contributed by atoms with van der Waals surface area (Å²) >= 11 is 0. The lowest BCUT2D eigenvalue weighted by Crippen LogP contribution is -2.31. The van der Waals surface area contributed by atoms with Gasteiger partial charge in [0.05, 0.1) is 22.8 Å². The van der Waals surface area contributed by atoms with Crippen molar-refractivity contribution in [2.45, 2.75) is 46.5 Å². The van der Waals surface area contributed by atoms with Gasteiger partial charge in [-0.05, 0) is 58.1 Å². The third-order valence-corrected chi connectivity index (χ3v) is 5.95. The van der Waals surface area contributed by atoms with Crippen molar-refractivity contribution in [2.24, 2.45) is 0 Å². The van der Waals surface area contributed by atoms with Crippen LogP contribution in [0.25, 0.3) is 27.3 Å². The molecule has 4 rings (SSSR count). The molecule has 0 bridgehead atoms. The number of fused-ring (bicyclic) bond motifs is 6. The minimum absolute atomic E-state index is 0.153. The molecule has 2 heterocycles. The summed E-state index contributed by atoms with van der Waals surface area (Å²) in [5.41, 5.74) is 4.78. The zero-order valence-corrected chi connectivity index (χ0v) is 17.2. The molecule has 0 saturated heterocycles. The Hall–Kier alpha value is -2.94. The Bertz CT molecular complexity index is 1260. The van der Waals surface area contributed by atoms with E-state index in [1.165, 1.54) is 21.9 Å². The van der Waals surface area contributed by atoms with Crippen LogP contribution in [-0.2, 0) is 10.2 Å². The number of benzene rings is 2. The molecule has 0 fully saturated rings. The summed E-state index contributed by atoms with van der Waals surface area (Å²) in [4.78, 5) is 17.6. The minimum Gasteiger partial charge on any atom is -0.299 e. The van der Waals surface area contributed by atoms with Crippen LogP contribution in [0.3, 0.4) is 0 Å². The van der Waals surface area contributed by atoms with E-state index in [0.29, 0.717) is 6.42 Å². The molecule has 3 nitrogen and oxygen atoms in total. The van der Waals surface area contributed by atoms with Crippen molar-refractivity contribution in [3.05, 3.63) is 71.6 Å². The van der Waals surface area contributed by atoms with E-state index in [-0.39, 0.29) is 5.78 Å². The van der Waals surface area contributed by atoms with Crippen LogP contribution >= 0.6 is 0 Å². The van der Waals surface area contributed by atoms with Gasteiger partial charge in [-0.3, -0.25) is 9.20 Å². The Morgan fingerprint density at radius 3 is 2.46 bits per heavy atom. The molecule has 1 unspecified atom stereocenters. The number of hydrogen-bond acceptors (Lipinski definition) is 2. The number of hydrogen-bond donors (Lipinski definition) is 0. The van der Waals surface area contributed by atoms with Gasteiger partial charge in [0.25, 0.3) is 0 Å². The van der Waals surface area contributed by atoms with Crippen LogP contribution in [-0.4, -0.2) is 15.2 Å². The number of carbonyl (C=O) groups excluding carboxylic acids is 1. The molecule has 142 valence electrons. The molecule has 0 aliphatic rings. The van der Waals surface area contributed by atoms with Gasteiger partial charge in [-0.15, -0.1) is 0 Å². The van der Waals surface area contributed by atoms with Crippen molar-refractivity contribution < 1.29 is 4.79 Å². The standard InChI is InChI=1S/C25H26N2O/c1-16(2)13-14-25(5,18(4)28)22-15-26-24-20-11-7-6-10-19(20)23-17(3)9-8-12-21(23)27(22)24/h6-13,15H,14H2,1-5H3. The fraction of sp³-hybridized carbons (Fsp3) is 0.280. The van der Waals surface area contributed by atoms with E-state index < -0.39 is 5.41 Å². The molecule has 1 atom stereocenters. The van der Waals surface area contributed by atoms with E-state index in [0.717, 1.165) is 22.2 Å². The fourth-order valence-corrected chi connectivity index (χ4v) is 4.10. The molecule has 0 amide bonds. The van der Waals surface area contributed by atoms with E-state index in [1.807, 2.05) is 19.2 Å². The molecule has 28 heavy (non-hydrogen) atoms. The number of Topliss-reactive ketones (excluding diaryl/α,β-unsaturated/α-hetero) is 1. The van der Waals surface area contributed by atoms with E-state index >= 15 is 0 Å². The first-order valence-corrected chi connectivity index (χ1v) is 9.77. The highest BCUT2D eigenvalue weighted by atomic mass is 16.1. The summed E-state index contributed by atoms with van der Waals surface area (Å²) in [6, 6.07) is 14.8. The number of aryl methyl sites for hydroxylation is 1. The number of ketones is 1. The molecule has 0 N–H and O–H groups in total. The predicted octanol–water partition coefficient (Wildman–Crippen LogP) is 6.15.